The molecule has 2 heteroatoms. The Kier molecular flexibility index (Phi) is 7.23. The number of thioether (sulfide) groups is 1. The minimum absolute atomic E-state index is 0.460. The van der Waals surface area contributed by atoms with Crippen molar-refractivity contribution in [3.8, 4) is 0 Å². The highest BCUT2D eigenvalue weighted by Gasteiger charge is 2.29. The molecule has 0 aromatic heterocycles. The molecule has 0 aromatic carbocycles. The summed E-state index contributed by atoms with van der Waals surface area (Å²) in [6, 6.07) is 0. The van der Waals surface area contributed by atoms with Gasteiger partial charge >= 0.3 is 0 Å². The van der Waals surface area contributed by atoms with Crippen LogP contribution in [0.1, 0.15) is 52.9 Å². The molecule has 0 heterocycles. The third-order valence-electron chi connectivity index (χ3n) is 3.94. The number of halogens is 1. The number of alkyl halides is 1. The Balaban J connectivity index is 2.26. The molecule has 3 unspecified atom stereocenters. The van der Waals surface area contributed by atoms with E-state index >= 15 is 0 Å². The molecular weight excluding hydrogens is 236 g/mol. The lowest BCUT2D eigenvalue weighted by atomic mass is 9.74. The van der Waals surface area contributed by atoms with Gasteiger partial charge < -0.3 is 0 Å². The normalized spacial score (nSPS) is 30.9. The zero-order valence-electron chi connectivity index (χ0n) is 11.0. The van der Waals surface area contributed by atoms with E-state index in [-0.39, 0.29) is 0 Å². The first-order valence-electron chi connectivity index (χ1n) is 6.87. The minimum Gasteiger partial charge on any atom is -0.162 e. The van der Waals surface area contributed by atoms with Gasteiger partial charge in [-0.25, -0.2) is 0 Å². The van der Waals surface area contributed by atoms with E-state index in [2.05, 4.69) is 32.5 Å². The predicted molar refractivity (Wildman–Crippen MR) is 77.5 cm³/mol. The molecule has 0 radical (unpaired) electrons. The van der Waals surface area contributed by atoms with Crippen molar-refractivity contribution < 1.29 is 0 Å². The summed E-state index contributed by atoms with van der Waals surface area (Å²) in [6.45, 7) is 6.97. The molecule has 1 aliphatic rings. The summed E-state index contributed by atoms with van der Waals surface area (Å²) >= 11 is 8.52. The lowest BCUT2D eigenvalue weighted by Crippen LogP contribution is -2.28. The van der Waals surface area contributed by atoms with Gasteiger partial charge in [0.15, 0.2) is 0 Å². The summed E-state index contributed by atoms with van der Waals surface area (Å²) in [5.74, 6) is 5.14. The molecule has 1 rings (SSSR count). The van der Waals surface area contributed by atoms with Crippen LogP contribution in [0.5, 0.6) is 0 Å². The van der Waals surface area contributed by atoms with Crippen LogP contribution in [-0.4, -0.2) is 16.9 Å². The van der Waals surface area contributed by atoms with Crippen molar-refractivity contribution in [2.75, 3.05) is 11.5 Å². The van der Waals surface area contributed by atoms with Crippen molar-refractivity contribution in [2.45, 2.75) is 58.3 Å². The average Bonchev–Trinajstić information content (AvgIpc) is 2.26. The van der Waals surface area contributed by atoms with E-state index in [1.54, 1.807) is 0 Å². The first-order valence-corrected chi connectivity index (χ1v) is 8.46. The summed E-state index contributed by atoms with van der Waals surface area (Å²) in [4.78, 5) is 0. The van der Waals surface area contributed by atoms with Crippen LogP contribution < -0.4 is 0 Å². The van der Waals surface area contributed by atoms with Crippen LogP contribution in [0.3, 0.4) is 0 Å². The number of hydrogen-bond acceptors (Lipinski definition) is 1. The third kappa shape index (κ3) is 4.87. The zero-order valence-corrected chi connectivity index (χ0v) is 12.6. The topological polar surface area (TPSA) is 0 Å². The third-order valence-corrected chi connectivity index (χ3v) is 5.50. The largest absolute Gasteiger partial charge is 0.162 e. The fraction of sp³-hybridized carbons (Fsp3) is 1.00. The second kappa shape index (κ2) is 7.87. The van der Waals surface area contributed by atoms with Crippen LogP contribution >= 0.6 is 23.4 Å². The zero-order chi connectivity index (χ0) is 12.0. The maximum absolute atomic E-state index is 6.46. The van der Waals surface area contributed by atoms with Gasteiger partial charge in [-0.3, -0.25) is 0 Å². The Morgan fingerprint density at radius 2 is 2.06 bits per heavy atom. The average molecular weight is 263 g/mol. The minimum atomic E-state index is 0.460. The Morgan fingerprint density at radius 3 is 2.69 bits per heavy atom. The summed E-state index contributed by atoms with van der Waals surface area (Å²) in [6.07, 6.45) is 6.69. The van der Waals surface area contributed by atoms with Crippen molar-refractivity contribution >= 4 is 23.4 Å². The van der Waals surface area contributed by atoms with Crippen LogP contribution in [0.2, 0.25) is 0 Å². The lowest BCUT2D eigenvalue weighted by Gasteiger charge is -2.35. The fourth-order valence-electron chi connectivity index (χ4n) is 2.76. The molecule has 0 N–H and O–H groups in total. The van der Waals surface area contributed by atoms with Crippen LogP contribution in [-0.2, 0) is 0 Å². The predicted octanol–water partition coefficient (Wildman–Crippen LogP) is 5.20. The molecule has 16 heavy (non-hydrogen) atoms. The summed E-state index contributed by atoms with van der Waals surface area (Å²) in [5.41, 5.74) is 0. The fourth-order valence-corrected chi connectivity index (χ4v) is 3.77. The quantitative estimate of drug-likeness (QED) is 0.468. The molecule has 0 aromatic rings. The van der Waals surface area contributed by atoms with Crippen LogP contribution in [0.15, 0.2) is 0 Å². The van der Waals surface area contributed by atoms with Gasteiger partial charge in [0.05, 0.1) is 0 Å². The van der Waals surface area contributed by atoms with Crippen molar-refractivity contribution in [2.24, 2.45) is 17.8 Å². The van der Waals surface area contributed by atoms with E-state index in [0.717, 1.165) is 17.8 Å². The Labute approximate surface area is 111 Å². The monoisotopic (exact) mass is 262 g/mol. The second-order valence-corrected chi connectivity index (χ2v) is 7.39. The van der Waals surface area contributed by atoms with E-state index in [1.165, 1.54) is 43.6 Å². The molecule has 0 nitrogen and oxygen atoms in total. The van der Waals surface area contributed by atoms with E-state index in [9.17, 15) is 0 Å². The molecule has 0 bridgehead atoms. The molecule has 0 spiro atoms. The summed E-state index contributed by atoms with van der Waals surface area (Å²) in [5, 5.41) is 0.460. The maximum Gasteiger partial charge on any atom is 0.0364 e. The standard InChI is InChI=1S/C14H27ClS/c1-4-16-9-5-6-13-10-12(11(2)3)7-8-14(13)15/h11-14H,4-10H2,1-3H3. The lowest BCUT2D eigenvalue weighted by molar-refractivity contribution is 0.210. The second-order valence-electron chi connectivity index (χ2n) is 5.43. The van der Waals surface area contributed by atoms with E-state index in [1.807, 2.05) is 0 Å². The molecule has 0 saturated heterocycles. The van der Waals surface area contributed by atoms with Crippen LogP contribution in [0.25, 0.3) is 0 Å². The van der Waals surface area contributed by atoms with Crippen LogP contribution in [0, 0.1) is 17.8 Å². The molecule has 1 saturated carbocycles. The molecule has 96 valence electrons. The molecule has 1 aliphatic carbocycles. The molecular formula is C14H27ClS. The first-order chi connectivity index (χ1) is 7.65. The molecule has 3 atom stereocenters. The van der Waals surface area contributed by atoms with E-state index < -0.39 is 0 Å². The van der Waals surface area contributed by atoms with E-state index in [0.29, 0.717) is 5.38 Å². The van der Waals surface area contributed by atoms with Gasteiger partial charge in [-0.2, -0.15) is 11.8 Å². The Hall–Kier alpha value is 0.640. The SMILES string of the molecule is CCSCCCC1CC(C(C)C)CCC1Cl. The van der Waals surface area contributed by atoms with Gasteiger partial charge in [0.25, 0.3) is 0 Å². The van der Waals surface area contributed by atoms with Crippen molar-refractivity contribution in [3.63, 3.8) is 0 Å². The highest BCUT2D eigenvalue weighted by molar-refractivity contribution is 7.99. The van der Waals surface area contributed by atoms with E-state index in [4.69, 9.17) is 11.6 Å². The summed E-state index contributed by atoms with van der Waals surface area (Å²) in [7, 11) is 0. The number of hydrogen-bond donors (Lipinski definition) is 0. The van der Waals surface area contributed by atoms with Gasteiger partial charge in [0.2, 0.25) is 0 Å². The molecule has 1 fully saturated rings. The van der Waals surface area contributed by atoms with Crippen molar-refractivity contribution in [3.05, 3.63) is 0 Å². The number of rotatable bonds is 6. The molecule has 0 amide bonds. The van der Waals surface area contributed by atoms with Gasteiger partial charge in [-0.15, -0.1) is 11.6 Å². The highest BCUT2D eigenvalue weighted by atomic mass is 35.5. The smallest absolute Gasteiger partial charge is 0.0364 e. The van der Waals surface area contributed by atoms with Gasteiger partial charge in [0, 0.05) is 5.38 Å². The summed E-state index contributed by atoms with van der Waals surface area (Å²) < 4.78 is 0. The molecule has 0 aliphatic heterocycles. The van der Waals surface area contributed by atoms with Crippen molar-refractivity contribution in [1.29, 1.82) is 0 Å². The Bertz CT molecular complexity index is 182. The Morgan fingerprint density at radius 1 is 1.31 bits per heavy atom. The van der Waals surface area contributed by atoms with Crippen LogP contribution in [0.4, 0.5) is 0 Å². The van der Waals surface area contributed by atoms with Gasteiger partial charge in [0.1, 0.15) is 0 Å². The van der Waals surface area contributed by atoms with Crippen molar-refractivity contribution in [1.82, 2.24) is 0 Å². The highest BCUT2D eigenvalue weighted by Crippen LogP contribution is 2.38. The first kappa shape index (κ1) is 14.7. The van der Waals surface area contributed by atoms with Gasteiger partial charge in [-0.05, 0) is 61.4 Å². The maximum atomic E-state index is 6.46. The van der Waals surface area contributed by atoms with Gasteiger partial charge in [-0.1, -0.05) is 20.8 Å².